The van der Waals surface area contributed by atoms with E-state index in [4.69, 9.17) is 5.11 Å². The van der Waals surface area contributed by atoms with Gasteiger partial charge in [0.1, 0.15) is 0 Å². The highest BCUT2D eigenvalue weighted by molar-refractivity contribution is 14.1. The van der Waals surface area contributed by atoms with E-state index in [1.807, 2.05) is 22.6 Å². The van der Waals surface area contributed by atoms with Gasteiger partial charge in [0, 0.05) is 6.07 Å². The van der Waals surface area contributed by atoms with Crippen LogP contribution in [-0.4, -0.2) is 16.0 Å². The lowest BCUT2D eigenvalue weighted by Gasteiger charge is -1.98. The van der Waals surface area contributed by atoms with E-state index >= 15 is 0 Å². The van der Waals surface area contributed by atoms with Crippen LogP contribution in [0.5, 0.6) is 0 Å². The molecule has 0 aliphatic rings. The van der Waals surface area contributed by atoms with Crippen LogP contribution in [0.1, 0.15) is 5.56 Å². The van der Waals surface area contributed by atoms with Crippen molar-refractivity contribution in [1.82, 2.24) is 0 Å². The Labute approximate surface area is 93.0 Å². The van der Waals surface area contributed by atoms with Gasteiger partial charge in [-0.3, -0.25) is 14.9 Å². The van der Waals surface area contributed by atoms with Crippen LogP contribution < -0.4 is 0 Å². The summed E-state index contributed by atoms with van der Waals surface area (Å²) in [6.07, 6.45) is -0.117. The Morgan fingerprint density at radius 1 is 1.57 bits per heavy atom. The number of hydrogen-bond acceptors (Lipinski definition) is 3. The van der Waals surface area contributed by atoms with E-state index < -0.39 is 10.9 Å². The maximum atomic E-state index is 10.4. The molecule has 74 valence electrons. The summed E-state index contributed by atoms with van der Waals surface area (Å²) in [5.74, 6) is -0.949. The van der Waals surface area contributed by atoms with Crippen molar-refractivity contribution in [2.75, 3.05) is 0 Å². The molecule has 0 saturated heterocycles. The lowest BCUT2D eigenvalue weighted by Crippen LogP contribution is -2.01. The number of nitro benzene ring substituents is 1. The fraction of sp³-hybridized carbons (Fsp3) is 0.125. The molecule has 0 aliphatic heterocycles. The van der Waals surface area contributed by atoms with E-state index in [9.17, 15) is 14.9 Å². The molecule has 0 radical (unpaired) electrons. The second-order valence-electron chi connectivity index (χ2n) is 2.61. The monoisotopic (exact) mass is 307 g/mol. The summed E-state index contributed by atoms with van der Waals surface area (Å²) >= 11 is 1.81. The summed E-state index contributed by atoms with van der Waals surface area (Å²) in [6.45, 7) is 0. The molecular formula is C8H6INO4. The van der Waals surface area contributed by atoms with Gasteiger partial charge < -0.3 is 5.11 Å². The molecule has 14 heavy (non-hydrogen) atoms. The molecule has 0 bridgehead atoms. The lowest BCUT2D eigenvalue weighted by molar-refractivity contribution is -0.385. The second-order valence-corrected chi connectivity index (χ2v) is 3.78. The lowest BCUT2D eigenvalue weighted by atomic mass is 10.1. The molecule has 0 aliphatic carbocycles. The van der Waals surface area contributed by atoms with Crippen molar-refractivity contribution in [2.24, 2.45) is 0 Å². The van der Waals surface area contributed by atoms with Crippen molar-refractivity contribution in [1.29, 1.82) is 0 Å². The van der Waals surface area contributed by atoms with Crippen LogP contribution in [0.3, 0.4) is 0 Å². The second kappa shape index (κ2) is 4.36. The molecule has 1 rings (SSSR count). The van der Waals surface area contributed by atoms with Crippen LogP contribution in [0.4, 0.5) is 5.69 Å². The Kier molecular flexibility index (Phi) is 3.39. The Hall–Kier alpha value is -1.18. The number of halogens is 1. The van der Waals surface area contributed by atoms with Crippen LogP contribution in [-0.2, 0) is 11.2 Å². The minimum Gasteiger partial charge on any atom is -0.481 e. The average Bonchev–Trinajstić information content (AvgIpc) is 2.01. The van der Waals surface area contributed by atoms with Crippen LogP contribution >= 0.6 is 22.6 Å². The number of carbonyl (C=O) groups is 1. The number of carboxylic acids is 1. The largest absolute Gasteiger partial charge is 0.481 e. The summed E-state index contributed by atoms with van der Waals surface area (Å²) in [5.41, 5.74) is 0.562. The van der Waals surface area contributed by atoms with Crippen molar-refractivity contribution >= 4 is 34.2 Å². The van der Waals surface area contributed by atoms with E-state index in [1.54, 1.807) is 0 Å². The third-order valence-corrected chi connectivity index (χ3v) is 2.43. The number of benzene rings is 1. The van der Waals surface area contributed by atoms with Crippen molar-refractivity contribution in [3.8, 4) is 0 Å². The highest BCUT2D eigenvalue weighted by Gasteiger charge is 2.12. The van der Waals surface area contributed by atoms with Crippen LogP contribution in [0.2, 0.25) is 0 Å². The SMILES string of the molecule is O=C(O)Cc1ccc([N+](=O)[O-])c(I)c1. The normalized spacial score (nSPS) is 9.79. The van der Waals surface area contributed by atoms with Crippen molar-refractivity contribution in [3.63, 3.8) is 0 Å². The van der Waals surface area contributed by atoms with E-state index in [0.29, 0.717) is 9.13 Å². The van der Waals surface area contributed by atoms with Gasteiger partial charge in [0.15, 0.2) is 0 Å². The zero-order valence-electron chi connectivity index (χ0n) is 6.94. The molecule has 1 aromatic rings. The first kappa shape index (κ1) is 10.9. The average molecular weight is 307 g/mol. The van der Waals surface area contributed by atoms with Gasteiger partial charge in [0.05, 0.1) is 14.9 Å². The first-order chi connectivity index (χ1) is 6.50. The molecule has 0 aromatic heterocycles. The molecule has 1 aromatic carbocycles. The zero-order valence-corrected chi connectivity index (χ0v) is 9.09. The molecule has 0 unspecified atom stereocenters. The highest BCUT2D eigenvalue weighted by Crippen LogP contribution is 2.21. The Balaban J connectivity index is 3.00. The van der Waals surface area contributed by atoms with Gasteiger partial charge >= 0.3 is 5.97 Å². The molecule has 0 spiro atoms. The number of carboxylic acid groups (broad SMARTS) is 1. The smallest absolute Gasteiger partial charge is 0.307 e. The summed E-state index contributed by atoms with van der Waals surface area (Å²) < 4.78 is 0.450. The van der Waals surface area contributed by atoms with Crippen molar-refractivity contribution in [3.05, 3.63) is 37.4 Å². The van der Waals surface area contributed by atoms with Crippen molar-refractivity contribution < 1.29 is 14.8 Å². The Bertz CT molecular complexity index is 391. The van der Waals surface area contributed by atoms with Gasteiger partial charge in [-0.05, 0) is 34.2 Å². The molecular weight excluding hydrogens is 301 g/mol. The molecule has 1 N–H and O–H groups in total. The summed E-state index contributed by atoms with van der Waals surface area (Å²) in [4.78, 5) is 20.3. The van der Waals surface area contributed by atoms with Gasteiger partial charge in [-0.25, -0.2) is 0 Å². The minimum absolute atomic E-state index is 0.000242. The molecule has 0 saturated carbocycles. The number of nitrogens with zero attached hydrogens (tertiary/aromatic N) is 1. The predicted octanol–water partition coefficient (Wildman–Crippen LogP) is 1.83. The number of nitro groups is 1. The summed E-state index contributed by atoms with van der Waals surface area (Å²) in [7, 11) is 0. The number of rotatable bonds is 3. The fourth-order valence-corrected chi connectivity index (χ4v) is 1.76. The van der Waals surface area contributed by atoms with Gasteiger partial charge in [-0.2, -0.15) is 0 Å². The van der Waals surface area contributed by atoms with Crippen LogP contribution in [0, 0.1) is 13.7 Å². The van der Waals surface area contributed by atoms with E-state index in [0.717, 1.165) is 0 Å². The van der Waals surface area contributed by atoms with E-state index in [-0.39, 0.29) is 12.1 Å². The topological polar surface area (TPSA) is 80.4 Å². The predicted molar refractivity (Wildman–Crippen MR) is 57.2 cm³/mol. The third-order valence-electron chi connectivity index (χ3n) is 1.56. The molecule has 5 nitrogen and oxygen atoms in total. The summed E-state index contributed by atoms with van der Waals surface area (Å²) in [5, 5.41) is 18.9. The molecule has 0 heterocycles. The van der Waals surface area contributed by atoms with Gasteiger partial charge in [-0.15, -0.1) is 0 Å². The Morgan fingerprint density at radius 3 is 2.64 bits per heavy atom. The first-order valence-electron chi connectivity index (χ1n) is 3.65. The van der Waals surface area contributed by atoms with Crippen molar-refractivity contribution in [2.45, 2.75) is 6.42 Å². The molecule has 0 atom stereocenters. The van der Waals surface area contributed by atoms with Crippen LogP contribution in [0.15, 0.2) is 18.2 Å². The van der Waals surface area contributed by atoms with Gasteiger partial charge in [0.2, 0.25) is 0 Å². The molecule has 6 heteroatoms. The first-order valence-corrected chi connectivity index (χ1v) is 4.73. The molecule has 0 amide bonds. The quantitative estimate of drug-likeness (QED) is 0.525. The zero-order chi connectivity index (χ0) is 10.7. The Morgan fingerprint density at radius 2 is 2.21 bits per heavy atom. The molecule has 0 fully saturated rings. The van der Waals surface area contributed by atoms with Gasteiger partial charge in [0.25, 0.3) is 5.69 Å². The summed E-state index contributed by atoms with van der Waals surface area (Å²) in [6, 6.07) is 4.28. The van der Waals surface area contributed by atoms with Crippen LogP contribution in [0.25, 0.3) is 0 Å². The van der Waals surface area contributed by atoms with E-state index in [2.05, 4.69) is 0 Å². The standard InChI is InChI=1S/C8H6INO4/c9-6-3-5(4-8(11)12)1-2-7(6)10(13)14/h1-3H,4H2,(H,11,12). The van der Waals surface area contributed by atoms with E-state index in [1.165, 1.54) is 18.2 Å². The highest BCUT2D eigenvalue weighted by atomic mass is 127. The maximum absolute atomic E-state index is 10.4. The number of aliphatic carboxylic acids is 1. The maximum Gasteiger partial charge on any atom is 0.307 e. The number of hydrogen-bond donors (Lipinski definition) is 1. The fourth-order valence-electron chi connectivity index (χ4n) is 0.983. The third kappa shape index (κ3) is 2.66. The minimum atomic E-state index is -0.949. The van der Waals surface area contributed by atoms with Gasteiger partial charge in [-0.1, -0.05) is 6.07 Å².